The summed E-state index contributed by atoms with van der Waals surface area (Å²) in [6.07, 6.45) is 3.50. The molecule has 0 N–H and O–H groups in total. The fourth-order valence-corrected chi connectivity index (χ4v) is 2.83. The average Bonchev–Trinajstić information content (AvgIpc) is 2.39. The number of carbonyl (C=O) groups is 1. The van der Waals surface area contributed by atoms with Gasteiger partial charge in [0, 0.05) is 26.9 Å². The monoisotopic (exact) mass is 381 g/mol. The van der Waals surface area contributed by atoms with Crippen LogP contribution in [0.15, 0.2) is 45.6 Å². The standard InChI is InChI=1S/C14H9Br2NO2/c15-9-1-2-13-11(4-9)12(18)5-14(19-13)8-3-10(16)7-17-6-8/h1-4,6-7,14H,5H2. The number of fused-ring (bicyclic) bond motifs is 1. The number of hydrogen-bond acceptors (Lipinski definition) is 3. The first kappa shape index (κ1) is 12.8. The third-order valence-corrected chi connectivity index (χ3v) is 3.91. The zero-order chi connectivity index (χ0) is 13.4. The minimum Gasteiger partial charge on any atom is -0.484 e. The maximum Gasteiger partial charge on any atom is 0.170 e. The van der Waals surface area contributed by atoms with Crippen molar-refractivity contribution in [1.82, 2.24) is 4.98 Å². The summed E-state index contributed by atoms with van der Waals surface area (Å²) < 4.78 is 7.65. The Kier molecular flexibility index (Phi) is 3.41. The van der Waals surface area contributed by atoms with Crippen molar-refractivity contribution >= 4 is 37.6 Å². The quantitative estimate of drug-likeness (QED) is 0.737. The van der Waals surface area contributed by atoms with Gasteiger partial charge in [0.05, 0.1) is 12.0 Å². The average molecular weight is 383 g/mol. The molecule has 0 fully saturated rings. The molecule has 2 heterocycles. The van der Waals surface area contributed by atoms with E-state index in [2.05, 4.69) is 36.8 Å². The number of halogens is 2. The summed E-state index contributed by atoms with van der Waals surface area (Å²) in [5.74, 6) is 0.719. The minimum absolute atomic E-state index is 0.0903. The van der Waals surface area contributed by atoms with Gasteiger partial charge in [0.2, 0.25) is 0 Å². The first-order valence-electron chi connectivity index (χ1n) is 5.73. The van der Waals surface area contributed by atoms with Crippen molar-refractivity contribution in [1.29, 1.82) is 0 Å². The molecule has 0 saturated heterocycles. The van der Waals surface area contributed by atoms with E-state index >= 15 is 0 Å². The fraction of sp³-hybridized carbons (Fsp3) is 0.143. The molecule has 1 aromatic heterocycles. The topological polar surface area (TPSA) is 39.2 Å². The first-order chi connectivity index (χ1) is 9.13. The van der Waals surface area contributed by atoms with Gasteiger partial charge in [-0.2, -0.15) is 0 Å². The highest BCUT2D eigenvalue weighted by molar-refractivity contribution is 9.10. The molecule has 1 unspecified atom stereocenters. The van der Waals surface area contributed by atoms with E-state index in [1.165, 1.54) is 0 Å². The van der Waals surface area contributed by atoms with Gasteiger partial charge in [-0.15, -0.1) is 0 Å². The second kappa shape index (κ2) is 5.06. The van der Waals surface area contributed by atoms with Crippen LogP contribution in [0.2, 0.25) is 0 Å². The van der Waals surface area contributed by atoms with Crippen molar-refractivity contribution in [3.8, 4) is 5.75 Å². The van der Waals surface area contributed by atoms with E-state index in [1.54, 1.807) is 18.5 Å². The number of ketones is 1. The van der Waals surface area contributed by atoms with E-state index in [1.807, 2.05) is 18.2 Å². The third-order valence-electron chi connectivity index (χ3n) is 2.98. The minimum atomic E-state index is -0.272. The van der Waals surface area contributed by atoms with Gasteiger partial charge in [-0.25, -0.2) is 0 Å². The van der Waals surface area contributed by atoms with Crippen LogP contribution < -0.4 is 4.74 Å². The Labute approximate surface area is 127 Å². The lowest BCUT2D eigenvalue weighted by molar-refractivity contribution is 0.0849. The number of carbonyl (C=O) groups excluding carboxylic acids is 1. The maximum atomic E-state index is 12.2. The maximum absolute atomic E-state index is 12.2. The predicted molar refractivity (Wildman–Crippen MR) is 78.4 cm³/mol. The first-order valence-corrected chi connectivity index (χ1v) is 7.32. The van der Waals surface area contributed by atoms with Crippen LogP contribution >= 0.6 is 31.9 Å². The van der Waals surface area contributed by atoms with Crippen molar-refractivity contribution < 1.29 is 9.53 Å². The predicted octanol–water partition coefficient (Wildman–Crippen LogP) is 4.31. The van der Waals surface area contributed by atoms with Gasteiger partial charge < -0.3 is 4.74 Å². The zero-order valence-corrected chi connectivity index (χ0v) is 12.9. The second-order valence-electron chi connectivity index (χ2n) is 4.31. The number of ether oxygens (including phenoxy) is 1. The van der Waals surface area contributed by atoms with Crippen molar-refractivity contribution in [2.75, 3.05) is 0 Å². The van der Waals surface area contributed by atoms with Crippen molar-refractivity contribution in [3.63, 3.8) is 0 Å². The van der Waals surface area contributed by atoms with Crippen molar-refractivity contribution in [2.45, 2.75) is 12.5 Å². The molecular weight excluding hydrogens is 374 g/mol. The van der Waals surface area contributed by atoms with Gasteiger partial charge in [0.15, 0.2) is 5.78 Å². The smallest absolute Gasteiger partial charge is 0.170 e. The molecule has 0 saturated carbocycles. The molecule has 19 heavy (non-hydrogen) atoms. The number of nitrogens with zero attached hydrogens (tertiary/aromatic N) is 1. The number of Topliss-reactive ketones (excluding diaryl/α,β-unsaturated/α-hetero) is 1. The van der Waals surface area contributed by atoms with E-state index < -0.39 is 0 Å². The highest BCUT2D eigenvalue weighted by atomic mass is 79.9. The molecule has 1 aromatic carbocycles. The lowest BCUT2D eigenvalue weighted by Gasteiger charge is -2.25. The molecule has 0 spiro atoms. The summed E-state index contributed by atoms with van der Waals surface area (Å²) in [4.78, 5) is 16.3. The van der Waals surface area contributed by atoms with Gasteiger partial charge in [-0.1, -0.05) is 15.9 Å². The summed E-state index contributed by atoms with van der Waals surface area (Å²) >= 11 is 6.74. The van der Waals surface area contributed by atoms with Gasteiger partial charge in [0.25, 0.3) is 0 Å². The SMILES string of the molecule is O=C1CC(c2cncc(Br)c2)Oc2ccc(Br)cc21. The Bertz CT molecular complexity index is 658. The van der Waals surface area contributed by atoms with Gasteiger partial charge in [0.1, 0.15) is 11.9 Å². The van der Waals surface area contributed by atoms with E-state index in [9.17, 15) is 4.79 Å². The summed E-state index contributed by atoms with van der Waals surface area (Å²) in [6, 6.07) is 7.41. The summed E-state index contributed by atoms with van der Waals surface area (Å²) in [6.45, 7) is 0. The zero-order valence-electron chi connectivity index (χ0n) is 9.77. The highest BCUT2D eigenvalue weighted by Gasteiger charge is 2.28. The summed E-state index contributed by atoms with van der Waals surface area (Å²) in [5, 5.41) is 0. The third kappa shape index (κ3) is 2.58. The van der Waals surface area contributed by atoms with Crippen LogP contribution in [-0.4, -0.2) is 10.8 Å². The molecule has 1 aliphatic rings. The van der Waals surface area contributed by atoms with Gasteiger partial charge in [-0.05, 0) is 40.2 Å². The molecule has 3 nitrogen and oxygen atoms in total. The van der Waals surface area contributed by atoms with E-state index in [4.69, 9.17) is 4.74 Å². The lowest BCUT2D eigenvalue weighted by Crippen LogP contribution is -2.20. The van der Waals surface area contributed by atoms with E-state index in [0.29, 0.717) is 17.7 Å². The van der Waals surface area contributed by atoms with E-state index in [0.717, 1.165) is 14.5 Å². The van der Waals surface area contributed by atoms with Crippen LogP contribution in [0.25, 0.3) is 0 Å². The molecule has 1 aliphatic heterocycles. The Morgan fingerprint density at radius 3 is 2.79 bits per heavy atom. The number of hydrogen-bond donors (Lipinski definition) is 0. The largest absolute Gasteiger partial charge is 0.484 e. The fourth-order valence-electron chi connectivity index (χ4n) is 2.09. The number of benzene rings is 1. The van der Waals surface area contributed by atoms with Crippen molar-refractivity contribution in [3.05, 3.63) is 56.7 Å². The van der Waals surface area contributed by atoms with Crippen LogP contribution in [0, 0.1) is 0 Å². The van der Waals surface area contributed by atoms with Crippen LogP contribution in [-0.2, 0) is 0 Å². The normalized spacial score (nSPS) is 17.8. The Balaban J connectivity index is 1.97. The van der Waals surface area contributed by atoms with Crippen LogP contribution in [0.4, 0.5) is 0 Å². The van der Waals surface area contributed by atoms with Gasteiger partial charge in [-0.3, -0.25) is 9.78 Å². The Morgan fingerprint density at radius 1 is 1.16 bits per heavy atom. The Morgan fingerprint density at radius 2 is 2.00 bits per heavy atom. The Hall–Kier alpha value is -1.20. The highest BCUT2D eigenvalue weighted by Crippen LogP contribution is 2.36. The molecule has 96 valence electrons. The lowest BCUT2D eigenvalue weighted by atomic mass is 9.97. The molecule has 0 radical (unpaired) electrons. The number of pyridine rings is 1. The molecular formula is C14H9Br2NO2. The number of aromatic nitrogens is 1. The van der Waals surface area contributed by atoms with E-state index in [-0.39, 0.29) is 11.9 Å². The summed E-state index contributed by atoms with van der Waals surface area (Å²) in [7, 11) is 0. The number of rotatable bonds is 1. The molecule has 0 aliphatic carbocycles. The molecule has 0 bridgehead atoms. The van der Waals surface area contributed by atoms with Crippen LogP contribution in [0.5, 0.6) is 5.75 Å². The second-order valence-corrected chi connectivity index (χ2v) is 6.14. The molecule has 0 amide bonds. The molecule has 3 rings (SSSR count). The molecule has 1 atom stereocenters. The molecule has 5 heteroatoms. The van der Waals surface area contributed by atoms with Crippen molar-refractivity contribution in [2.24, 2.45) is 0 Å². The molecule has 2 aromatic rings. The summed E-state index contributed by atoms with van der Waals surface area (Å²) in [5.41, 5.74) is 1.53. The van der Waals surface area contributed by atoms with Crippen LogP contribution in [0.3, 0.4) is 0 Å². The van der Waals surface area contributed by atoms with Gasteiger partial charge >= 0.3 is 0 Å². The van der Waals surface area contributed by atoms with Crippen LogP contribution in [0.1, 0.15) is 28.4 Å².